The monoisotopic (exact) mass is 343 g/mol. The third-order valence-corrected chi connectivity index (χ3v) is 4.93. The highest BCUT2D eigenvalue weighted by molar-refractivity contribution is 6.54. The lowest BCUT2D eigenvalue weighted by atomic mass is 9.94. The second-order valence-corrected chi connectivity index (χ2v) is 6.80. The molecule has 1 saturated heterocycles. The van der Waals surface area contributed by atoms with Crippen LogP contribution in [0.1, 0.15) is 18.9 Å². The topological polar surface area (TPSA) is 55.8 Å². The summed E-state index contributed by atoms with van der Waals surface area (Å²) in [6.07, 6.45) is -0.383. The van der Waals surface area contributed by atoms with E-state index in [2.05, 4.69) is 0 Å². The Labute approximate surface area is 138 Å². The Morgan fingerprint density at radius 3 is 2.45 bits per heavy atom. The first kappa shape index (κ1) is 15.4. The molecule has 3 rings (SSSR count). The summed E-state index contributed by atoms with van der Waals surface area (Å²) in [6.45, 7) is 2.86. The number of alkyl halides is 2. The van der Waals surface area contributed by atoms with Crippen molar-refractivity contribution in [3.05, 3.63) is 29.8 Å². The van der Waals surface area contributed by atoms with Crippen molar-refractivity contribution in [2.45, 2.75) is 23.1 Å². The summed E-state index contributed by atoms with van der Waals surface area (Å²) in [5.74, 6) is 0.286. The molecule has 0 N–H and O–H groups in total. The van der Waals surface area contributed by atoms with Crippen molar-refractivity contribution in [3.8, 4) is 5.75 Å². The number of ether oxygens (including phenoxy) is 2. The van der Waals surface area contributed by atoms with Gasteiger partial charge >= 0.3 is 6.09 Å². The number of cyclic esters (lactones) is 1. The van der Waals surface area contributed by atoms with Crippen molar-refractivity contribution in [2.24, 2.45) is 0 Å². The maximum atomic E-state index is 12.8. The number of amides is 2. The Morgan fingerprint density at radius 2 is 2.00 bits per heavy atom. The van der Waals surface area contributed by atoms with Crippen LogP contribution in [0, 0.1) is 0 Å². The second-order valence-electron chi connectivity index (χ2n) is 5.32. The molecule has 1 aromatic carbocycles. The summed E-state index contributed by atoms with van der Waals surface area (Å²) < 4.78 is 8.99. The number of imide groups is 1. The maximum absolute atomic E-state index is 12.8. The minimum atomic E-state index is -1.22. The molecule has 1 heterocycles. The van der Waals surface area contributed by atoms with E-state index in [1.165, 1.54) is 0 Å². The number of hydrogen-bond donors (Lipinski definition) is 0. The minimum Gasteiger partial charge on any atom is -0.494 e. The quantitative estimate of drug-likeness (QED) is 0.788. The van der Waals surface area contributed by atoms with Gasteiger partial charge in [0.25, 0.3) is 0 Å². The summed E-state index contributed by atoms with van der Waals surface area (Å²) in [4.78, 5) is 25.5. The zero-order valence-electron chi connectivity index (χ0n) is 12.0. The largest absolute Gasteiger partial charge is 0.494 e. The van der Waals surface area contributed by atoms with E-state index >= 15 is 0 Å². The highest BCUT2D eigenvalue weighted by atomic mass is 35.5. The molecule has 0 bridgehead atoms. The average Bonchev–Trinajstić information content (AvgIpc) is 2.84. The third-order valence-electron chi connectivity index (χ3n) is 4.02. The molecule has 22 heavy (non-hydrogen) atoms. The fourth-order valence-corrected chi connectivity index (χ4v) is 3.55. The van der Waals surface area contributed by atoms with Gasteiger partial charge in [-0.15, -0.1) is 23.2 Å². The van der Waals surface area contributed by atoms with Crippen LogP contribution in [0.25, 0.3) is 0 Å². The zero-order chi connectivity index (χ0) is 16.0. The van der Waals surface area contributed by atoms with E-state index in [9.17, 15) is 9.59 Å². The predicted octanol–water partition coefficient (Wildman–Crippen LogP) is 2.88. The fourth-order valence-electron chi connectivity index (χ4n) is 2.77. The molecule has 0 aromatic heterocycles. The van der Waals surface area contributed by atoms with Crippen LogP contribution in [-0.4, -0.2) is 41.0 Å². The molecule has 1 aliphatic carbocycles. The fraction of sp³-hybridized carbons (Fsp3) is 0.467. The summed E-state index contributed by atoms with van der Waals surface area (Å²) in [5, 5.41) is 0. The van der Waals surface area contributed by atoms with Crippen LogP contribution >= 0.6 is 23.2 Å². The van der Waals surface area contributed by atoms with Gasteiger partial charge in [0.15, 0.2) is 0 Å². The van der Waals surface area contributed by atoms with E-state index in [4.69, 9.17) is 32.7 Å². The van der Waals surface area contributed by atoms with Gasteiger partial charge < -0.3 is 9.47 Å². The van der Waals surface area contributed by atoms with Crippen molar-refractivity contribution in [1.82, 2.24) is 4.90 Å². The molecule has 7 heteroatoms. The third kappa shape index (κ3) is 2.23. The molecule has 5 nitrogen and oxygen atoms in total. The molecule has 1 atom stereocenters. The molecule has 1 saturated carbocycles. The van der Waals surface area contributed by atoms with Gasteiger partial charge in [0.05, 0.1) is 13.2 Å². The van der Waals surface area contributed by atoms with E-state index in [1.54, 1.807) is 24.3 Å². The highest BCUT2D eigenvalue weighted by Gasteiger charge is 2.73. The molecule has 118 valence electrons. The molecule has 2 aliphatic rings. The van der Waals surface area contributed by atoms with E-state index in [1.807, 2.05) is 6.92 Å². The summed E-state index contributed by atoms with van der Waals surface area (Å²) in [5.41, 5.74) is -0.435. The molecular weight excluding hydrogens is 329 g/mol. The van der Waals surface area contributed by atoms with Crippen LogP contribution in [0.3, 0.4) is 0 Å². The normalized spacial score (nSPS) is 25.8. The smallest absolute Gasteiger partial charge is 0.416 e. The van der Waals surface area contributed by atoms with Crippen LogP contribution in [-0.2, 0) is 14.9 Å². The van der Waals surface area contributed by atoms with Crippen LogP contribution in [0.4, 0.5) is 4.79 Å². The van der Waals surface area contributed by atoms with Gasteiger partial charge in [-0.1, -0.05) is 12.1 Å². The van der Waals surface area contributed by atoms with Crippen molar-refractivity contribution in [1.29, 1.82) is 0 Å². The Balaban J connectivity index is 1.92. The van der Waals surface area contributed by atoms with Crippen LogP contribution < -0.4 is 4.74 Å². The number of carbonyl (C=O) groups is 2. The van der Waals surface area contributed by atoms with E-state index in [0.29, 0.717) is 17.9 Å². The second kappa shape index (κ2) is 5.32. The van der Waals surface area contributed by atoms with Crippen molar-refractivity contribution in [3.63, 3.8) is 0 Å². The molecular formula is C15H15Cl2NO4. The van der Waals surface area contributed by atoms with Gasteiger partial charge in [-0.25, -0.2) is 9.69 Å². The Bertz CT molecular complexity index is 616. The predicted molar refractivity (Wildman–Crippen MR) is 81.4 cm³/mol. The van der Waals surface area contributed by atoms with Crippen LogP contribution in [0.15, 0.2) is 24.3 Å². The Morgan fingerprint density at radius 1 is 1.36 bits per heavy atom. The lowest BCUT2D eigenvalue weighted by molar-refractivity contribution is -0.130. The van der Waals surface area contributed by atoms with Crippen molar-refractivity contribution in [2.75, 3.05) is 19.8 Å². The molecule has 2 fully saturated rings. The van der Waals surface area contributed by atoms with Gasteiger partial charge in [0.1, 0.15) is 22.1 Å². The van der Waals surface area contributed by atoms with Gasteiger partial charge in [0.2, 0.25) is 5.91 Å². The molecule has 1 aliphatic heterocycles. The average molecular weight is 344 g/mol. The number of halogens is 2. The maximum Gasteiger partial charge on any atom is 0.416 e. The van der Waals surface area contributed by atoms with E-state index in [-0.39, 0.29) is 19.6 Å². The van der Waals surface area contributed by atoms with Crippen LogP contribution in [0.2, 0.25) is 0 Å². The highest BCUT2D eigenvalue weighted by Crippen LogP contribution is 2.65. The van der Waals surface area contributed by atoms with Gasteiger partial charge in [-0.05, 0) is 24.6 Å². The molecule has 2 amide bonds. The summed E-state index contributed by atoms with van der Waals surface area (Å²) >= 11 is 12.5. The summed E-state index contributed by atoms with van der Waals surface area (Å²) in [6, 6.07) is 7.05. The number of nitrogens with zero attached hydrogens (tertiary/aromatic N) is 1. The molecule has 0 radical (unpaired) electrons. The number of rotatable bonds is 4. The first-order valence-corrected chi connectivity index (χ1v) is 7.78. The standard InChI is InChI=1S/C15H15Cl2NO4/c1-2-21-11-5-3-10(4-6-11)14(9-15(14,16)17)12(19)18-7-8-22-13(18)20/h3-6H,2,7-9H2,1H3/t14-/m1/s1. The van der Waals surface area contributed by atoms with Crippen molar-refractivity contribution < 1.29 is 19.1 Å². The Hall–Kier alpha value is -1.46. The zero-order valence-corrected chi connectivity index (χ0v) is 13.5. The molecule has 0 unspecified atom stereocenters. The Kier molecular flexibility index (Phi) is 3.73. The molecule has 0 spiro atoms. The van der Waals surface area contributed by atoms with Gasteiger partial charge in [-0.3, -0.25) is 4.79 Å². The minimum absolute atomic E-state index is 0.196. The van der Waals surface area contributed by atoms with Gasteiger partial charge in [-0.2, -0.15) is 0 Å². The number of benzene rings is 1. The number of hydrogen-bond acceptors (Lipinski definition) is 4. The van der Waals surface area contributed by atoms with E-state index < -0.39 is 21.7 Å². The van der Waals surface area contributed by atoms with E-state index in [0.717, 1.165) is 4.90 Å². The lowest BCUT2D eigenvalue weighted by Gasteiger charge is -2.22. The number of carbonyl (C=O) groups excluding carboxylic acids is 2. The van der Waals surface area contributed by atoms with Gasteiger partial charge in [0, 0.05) is 6.42 Å². The first-order chi connectivity index (χ1) is 10.4. The SMILES string of the molecule is CCOc1ccc([C@@]2(C(=O)N3CCOC3=O)CC2(Cl)Cl)cc1. The summed E-state index contributed by atoms with van der Waals surface area (Å²) in [7, 11) is 0. The van der Waals surface area contributed by atoms with Crippen molar-refractivity contribution >= 4 is 35.2 Å². The van der Waals surface area contributed by atoms with Crippen LogP contribution in [0.5, 0.6) is 5.75 Å². The lowest BCUT2D eigenvalue weighted by Crippen LogP contribution is -2.42. The molecule has 1 aromatic rings. The first-order valence-electron chi connectivity index (χ1n) is 7.02.